The Bertz CT molecular complexity index is 427. The van der Waals surface area contributed by atoms with Gasteiger partial charge in [-0.25, -0.2) is 0 Å². The molecule has 8 heteroatoms. The van der Waals surface area contributed by atoms with Gasteiger partial charge in [0.2, 0.25) is 0 Å². The van der Waals surface area contributed by atoms with Crippen LogP contribution < -0.4 is 0 Å². The van der Waals surface area contributed by atoms with Gasteiger partial charge in [0.1, 0.15) is 24.9 Å². The van der Waals surface area contributed by atoms with Crippen LogP contribution in [0.3, 0.4) is 0 Å². The summed E-state index contributed by atoms with van der Waals surface area (Å²) in [6, 6.07) is 0. The van der Waals surface area contributed by atoms with Crippen LogP contribution >= 0.6 is 0 Å². The molecule has 1 saturated heterocycles. The number of esters is 2. The highest BCUT2D eigenvalue weighted by Gasteiger charge is 2.47. The molecule has 0 bridgehead atoms. The summed E-state index contributed by atoms with van der Waals surface area (Å²) in [5.41, 5.74) is 0. The summed E-state index contributed by atoms with van der Waals surface area (Å²) in [6.07, 6.45) is 0.620. The molecule has 26 heavy (non-hydrogen) atoms. The van der Waals surface area contributed by atoms with E-state index < -0.39 is 42.6 Å². The zero-order valence-corrected chi connectivity index (χ0v) is 15.9. The fourth-order valence-corrected chi connectivity index (χ4v) is 2.79. The number of ether oxygens (including phenoxy) is 4. The minimum absolute atomic E-state index is 0.224. The topological polar surface area (TPSA) is 112 Å². The second-order valence-electron chi connectivity index (χ2n) is 6.54. The van der Waals surface area contributed by atoms with Gasteiger partial charge in [-0.3, -0.25) is 9.59 Å². The van der Waals surface area contributed by atoms with Crippen molar-refractivity contribution in [1.29, 1.82) is 0 Å². The largest absolute Gasteiger partial charge is 0.463 e. The summed E-state index contributed by atoms with van der Waals surface area (Å²) in [4.78, 5) is 22.2. The summed E-state index contributed by atoms with van der Waals surface area (Å²) >= 11 is 0. The van der Waals surface area contributed by atoms with E-state index in [9.17, 15) is 19.8 Å². The Kier molecular flexibility index (Phi) is 10.7. The van der Waals surface area contributed by atoms with Crippen molar-refractivity contribution in [2.75, 3.05) is 13.2 Å². The Hall–Kier alpha value is -1.22. The van der Waals surface area contributed by atoms with Gasteiger partial charge in [0.25, 0.3) is 0 Å². The fourth-order valence-electron chi connectivity index (χ4n) is 2.79. The van der Waals surface area contributed by atoms with Crippen LogP contribution in [0.4, 0.5) is 0 Å². The quantitative estimate of drug-likeness (QED) is 0.410. The molecular weight excluding hydrogens is 344 g/mol. The van der Waals surface area contributed by atoms with Gasteiger partial charge in [-0.2, -0.15) is 0 Å². The molecule has 8 nitrogen and oxygen atoms in total. The zero-order chi connectivity index (χ0) is 19.5. The lowest BCUT2D eigenvalue weighted by molar-refractivity contribution is -0.303. The van der Waals surface area contributed by atoms with Crippen LogP contribution in [0.1, 0.15) is 59.3 Å². The Labute approximate surface area is 154 Å². The number of carbonyl (C=O) groups is 2. The van der Waals surface area contributed by atoms with Crippen molar-refractivity contribution in [3.05, 3.63) is 0 Å². The molecule has 0 saturated carbocycles. The minimum Gasteiger partial charge on any atom is -0.463 e. The number of carbonyl (C=O) groups excluding carboxylic acids is 2. The number of aliphatic hydroxyl groups is 2. The van der Waals surface area contributed by atoms with Crippen molar-refractivity contribution < 1.29 is 38.7 Å². The molecule has 0 aromatic carbocycles. The van der Waals surface area contributed by atoms with E-state index in [0.717, 1.165) is 19.3 Å². The van der Waals surface area contributed by atoms with Crippen molar-refractivity contribution in [1.82, 2.24) is 0 Å². The standard InChI is InChI=1S/C18H32O8/c1-4-5-6-7-8-9-10-23-18-16(22)17(25-13(3)20)15(21)14(26-18)11-24-12(2)19/h14-18,21-22H,4-11H2,1-3H3/t14-,15-,16-,17+,18-/m1/s1. The van der Waals surface area contributed by atoms with Gasteiger partial charge in [0.05, 0.1) is 0 Å². The molecule has 1 aliphatic rings. The Morgan fingerprint density at radius 2 is 1.62 bits per heavy atom. The van der Waals surface area contributed by atoms with Crippen LogP contribution in [0.5, 0.6) is 0 Å². The molecule has 0 amide bonds. The predicted octanol–water partition coefficient (Wildman–Crippen LogP) is 1.30. The van der Waals surface area contributed by atoms with Gasteiger partial charge in [-0.15, -0.1) is 0 Å². The molecular formula is C18H32O8. The number of rotatable bonds is 11. The van der Waals surface area contributed by atoms with Crippen LogP contribution in [0, 0.1) is 0 Å². The van der Waals surface area contributed by atoms with E-state index in [0.29, 0.717) is 6.61 Å². The van der Waals surface area contributed by atoms with Gasteiger partial charge in [-0.05, 0) is 6.42 Å². The Morgan fingerprint density at radius 1 is 0.962 bits per heavy atom. The summed E-state index contributed by atoms with van der Waals surface area (Å²) in [6.45, 7) is 4.72. The van der Waals surface area contributed by atoms with Crippen LogP contribution in [0.2, 0.25) is 0 Å². The second kappa shape index (κ2) is 12.2. The van der Waals surface area contributed by atoms with Crippen molar-refractivity contribution in [2.45, 2.75) is 90.0 Å². The van der Waals surface area contributed by atoms with Crippen LogP contribution in [-0.4, -0.2) is 66.1 Å². The summed E-state index contributed by atoms with van der Waals surface area (Å²) in [7, 11) is 0. The molecule has 1 heterocycles. The molecule has 5 atom stereocenters. The van der Waals surface area contributed by atoms with E-state index in [1.807, 2.05) is 0 Å². The highest BCUT2D eigenvalue weighted by atomic mass is 16.7. The van der Waals surface area contributed by atoms with E-state index >= 15 is 0 Å². The third kappa shape index (κ3) is 7.99. The van der Waals surface area contributed by atoms with Gasteiger partial charge in [-0.1, -0.05) is 39.0 Å². The molecule has 1 aliphatic heterocycles. The van der Waals surface area contributed by atoms with Gasteiger partial charge in [0, 0.05) is 20.5 Å². The number of hydrogen-bond acceptors (Lipinski definition) is 8. The number of hydrogen-bond donors (Lipinski definition) is 2. The van der Waals surface area contributed by atoms with Crippen molar-refractivity contribution >= 4 is 11.9 Å². The highest BCUT2D eigenvalue weighted by Crippen LogP contribution is 2.25. The van der Waals surface area contributed by atoms with Crippen molar-refractivity contribution in [3.8, 4) is 0 Å². The monoisotopic (exact) mass is 376 g/mol. The maximum absolute atomic E-state index is 11.3. The first kappa shape index (κ1) is 22.8. The van der Waals surface area contributed by atoms with E-state index in [2.05, 4.69) is 6.92 Å². The average Bonchev–Trinajstić information content (AvgIpc) is 2.58. The molecule has 0 unspecified atom stereocenters. The van der Waals surface area contributed by atoms with Crippen LogP contribution in [0.15, 0.2) is 0 Å². The number of aliphatic hydroxyl groups excluding tert-OH is 2. The summed E-state index contributed by atoms with van der Waals surface area (Å²) in [5, 5.41) is 20.6. The predicted molar refractivity (Wildman–Crippen MR) is 92.2 cm³/mol. The van der Waals surface area contributed by atoms with Crippen LogP contribution in [-0.2, 0) is 28.5 Å². The molecule has 0 aliphatic carbocycles. The molecule has 2 N–H and O–H groups in total. The maximum Gasteiger partial charge on any atom is 0.303 e. The first-order valence-corrected chi connectivity index (χ1v) is 9.30. The average molecular weight is 376 g/mol. The van der Waals surface area contributed by atoms with E-state index in [1.165, 1.54) is 33.1 Å². The smallest absolute Gasteiger partial charge is 0.303 e. The zero-order valence-electron chi connectivity index (χ0n) is 15.9. The lowest BCUT2D eigenvalue weighted by atomic mass is 9.99. The molecule has 152 valence electrons. The lowest BCUT2D eigenvalue weighted by Gasteiger charge is -2.41. The normalized spacial score (nSPS) is 28.6. The van der Waals surface area contributed by atoms with Crippen molar-refractivity contribution in [3.63, 3.8) is 0 Å². The van der Waals surface area contributed by atoms with E-state index in [4.69, 9.17) is 18.9 Å². The highest BCUT2D eigenvalue weighted by molar-refractivity contribution is 5.66. The Balaban J connectivity index is 2.55. The molecule has 1 rings (SSSR count). The first-order valence-electron chi connectivity index (χ1n) is 9.30. The molecule has 0 aromatic rings. The van der Waals surface area contributed by atoms with Gasteiger partial charge in [0.15, 0.2) is 12.4 Å². The van der Waals surface area contributed by atoms with E-state index in [-0.39, 0.29) is 6.61 Å². The molecule has 1 fully saturated rings. The molecule has 0 radical (unpaired) electrons. The summed E-state index contributed by atoms with van der Waals surface area (Å²) in [5.74, 6) is -1.17. The molecule has 0 spiro atoms. The van der Waals surface area contributed by atoms with Gasteiger partial charge < -0.3 is 29.2 Å². The minimum atomic E-state index is -1.33. The third-order valence-electron chi connectivity index (χ3n) is 4.17. The first-order chi connectivity index (χ1) is 12.4. The SMILES string of the molecule is CCCCCCCCO[C@@H]1O[C@H](COC(C)=O)[C@@H](O)[C@H](OC(C)=O)[C@H]1O. The summed E-state index contributed by atoms with van der Waals surface area (Å²) < 4.78 is 21.0. The van der Waals surface area contributed by atoms with Crippen LogP contribution in [0.25, 0.3) is 0 Å². The molecule has 0 aromatic heterocycles. The van der Waals surface area contributed by atoms with E-state index in [1.54, 1.807) is 0 Å². The fraction of sp³-hybridized carbons (Fsp3) is 0.889. The lowest BCUT2D eigenvalue weighted by Crippen LogP contribution is -2.60. The maximum atomic E-state index is 11.3. The van der Waals surface area contributed by atoms with Crippen molar-refractivity contribution in [2.24, 2.45) is 0 Å². The van der Waals surface area contributed by atoms with Gasteiger partial charge >= 0.3 is 11.9 Å². The second-order valence-corrected chi connectivity index (χ2v) is 6.54. The Morgan fingerprint density at radius 3 is 2.23 bits per heavy atom. The number of unbranched alkanes of at least 4 members (excludes halogenated alkanes) is 5. The third-order valence-corrected chi connectivity index (χ3v) is 4.17.